The van der Waals surface area contributed by atoms with Crippen LogP contribution in [0, 0.1) is 6.92 Å². The summed E-state index contributed by atoms with van der Waals surface area (Å²) < 4.78 is 1.73. The van der Waals surface area contributed by atoms with Crippen molar-refractivity contribution in [2.75, 3.05) is 24.4 Å². The van der Waals surface area contributed by atoms with E-state index in [0.717, 1.165) is 30.3 Å². The van der Waals surface area contributed by atoms with Crippen LogP contribution in [0.25, 0.3) is 0 Å². The molecule has 0 amide bonds. The van der Waals surface area contributed by atoms with Crippen LogP contribution in [-0.4, -0.2) is 29.0 Å². The lowest BCUT2D eigenvalue weighted by Gasteiger charge is -2.12. The molecule has 2 heterocycles. The number of rotatable bonds is 2. The third-order valence-corrected chi connectivity index (χ3v) is 2.98. The molecule has 16 heavy (non-hydrogen) atoms. The first-order valence-corrected chi connectivity index (χ1v) is 5.56. The lowest BCUT2D eigenvalue weighted by atomic mass is 10.2. The normalized spacial score (nSPS) is 13.6. The van der Waals surface area contributed by atoms with Gasteiger partial charge in [-0.3, -0.25) is 9.36 Å². The van der Waals surface area contributed by atoms with Gasteiger partial charge in [0.1, 0.15) is 0 Å². The molecule has 4 nitrogen and oxygen atoms in total. The Balaban J connectivity index is 0.00000128. The van der Waals surface area contributed by atoms with Crippen LogP contribution in [0.2, 0.25) is 0 Å². The molecule has 0 bridgehead atoms. The highest BCUT2D eigenvalue weighted by atomic mass is 35.5. The second-order valence-corrected chi connectivity index (χ2v) is 4.17. The zero-order valence-corrected chi connectivity index (χ0v) is 10.9. The van der Waals surface area contributed by atoms with Crippen molar-refractivity contribution in [3.8, 4) is 0 Å². The van der Waals surface area contributed by atoms with Crippen molar-refractivity contribution >= 4 is 30.0 Å². The maximum atomic E-state index is 12.1. The van der Waals surface area contributed by atoms with Crippen LogP contribution in [0.5, 0.6) is 0 Å². The quantitative estimate of drug-likeness (QED) is 0.753. The molecule has 1 aliphatic rings. The number of aromatic nitrogens is 2. The number of fused-ring (bicyclic) bond motifs is 1. The van der Waals surface area contributed by atoms with Gasteiger partial charge in [0, 0.05) is 37.3 Å². The first-order valence-electron chi connectivity index (χ1n) is 5.02. The third-order valence-electron chi connectivity index (χ3n) is 2.79. The van der Waals surface area contributed by atoms with E-state index in [4.69, 9.17) is 11.6 Å². The fourth-order valence-corrected chi connectivity index (χ4v) is 2.10. The SMILES string of the molecule is Cc1nc2n(c(=O)c1CCCl)CCN2C.Cl. The first kappa shape index (κ1) is 13.3. The summed E-state index contributed by atoms with van der Waals surface area (Å²) in [5.74, 6) is 1.24. The van der Waals surface area contributed by atoms with E-state index in [1.807, 2.05) is 18.9 Å². The van der Waals surface area contributed by atoms with Gasteiger partial charge in [0.05, 0.1) is 0 Å². The topological polar surface area (TPSA) is 38.1 Å². The molecule has 0 radical (unpaired) electrons. The first-order chi connectivity index (χ1) is 7.15. The van der Waals surface area contributed by atoms with Crippen molar-refractivity contribution < 1.29 is 0 Å². The number of alkyl halides is 1. The summed E-state index contributed by atoms with van der Waals surface area (Å²) in [4.78, 5) is 18.5. The molecule has 1 aromatic heterocycles. The Kier molecular flexibility index (Phi) is 4.21. The van der Waals surface area contributed by atoms with E-state index >= 15 is 0 Å². The van der Waals surface area contributed by atoms with E-state index in [1.165, 1.54) is 0 Å². The van der Waals surface area contributed by atoms with Crippen LogP contribution in [-0.2, 0) is 13.0 Å². The molecule has 90 valence electrons. The third kappa shape index (κ3) is 2.04. The summed E-state index contributed by atoms with van der Waals surface area (Å²) >= 11 is 5.67. The van der Waals surface area contributed by atoms with Crippen LogP contribution < -0.4 is 10.5 Å². The standard InChI is InChI=1S/C10H14ClN3O.ClH/c1-7-8(3-4-11)9(15)14-6-5-13(2)10(14)12-7;/h3-6H2,1-2H3;1H. The van der Waals surface area contributed by atoms with Crippen molar-refractivity contribution in [3.63, 3.8) is 0 Å². The predicted molar refractivity (Wildman–Crippen MR) is 68.2 cm³/mol. The maximum absolute atomic E-state index is 12.1. The van der Waals surface area contributed by atoms with E-state index in [1.54, 1.807) is 4.57 Å². The predicted octanol–water partition coefficient (Wildman–Crippen LogP) is 1.20. The fourth-order valence-electron chi connectivity index (χ4n) is 1.91. The molecule has 2 rings (SSSR count). The zero-order valence-electron chi connectivity index (χ0n) is 9.36. The summed E-state index contributed by atoms with van der Waals surface area (Å²) in [6.07, 6.45) is 0.600. The van der Waals surface area contributed by atoms with E-state index in [9.17, 15) is 4.79 Å². The molecule has 1 aliphatic heterocycles. The fraction of sp³-hybridized carbons (Fsp3) is 0.600. The van der Waals surface area contributed by atoms with Gasteiger partial charge in [0.2, 0.25) is 5.95 Å². The van der Waals surface area contributed by atoms with E-state index < -0.39 is 0 Å². The van der Waals surface area contributed by atoms with Crippen molar-refractivity contribution in [3.05, 3.63) is 21.6 Å². The Hall–Kier alpha value is -0.740. The molecule has 0 spiro atoms. The zero-order chi connectivity index (χ0) is 11.0. The number of anilines is 1. The van der Waals surface area contributed by atoms with Gasteiger partial charge in [-0.15, -0.1) is 24.0 Å². The van der Waals surface area contributed by atoms with Gasteiger partial charge in [0.25, 0.3) is 5.56 Å². The summed E-state index contributed by atoms with van der Waals surface area (Å²) in [7, 11) is 1.95. The van der Waals surface area contributed by atoms with Crippen molar-refractivity contribution in [2.24, 2.45) is 0 Å². The minimum Gasteiger partial charge on any atom is -0.343 e. The van der Waals surface area contributed by atoms with E-state index in [0.29, 0.717) is 12.3 Å². The minimum absolute atomic E-state index is 0. The second-order valence-electron chi connectivity index (χ2n) is 3.79. The van der Waals surface area contributed by atoms with Gasteiger partial charge in [-0.05, 0) is 13.3 Å². The molecular formula is C10H15Cl2N3O. The lowest BCUT2D eigenvalue weighted by Crippen LogP contribution is -2.25. The van der Waals surface area contributed by atoms with Crippen LogP contribution in [0.1, 0.15) is 11.3 Å². The number of halogens is 2. The molecule has 1 aromatic rings. The minimum atomic E-state index is 0. The average molecular weight is 264 g/mol. The van der Waals surface area contributed by atoms with Crippen LogP contribution >= 0.6 is 24.0 Å². The summed E-state index contributed by atoms with van der Waals surface area (Å²) in [6.45, 7) is 3.45. The molecule has 0 aromatic carbocycles. The number of hydrogen-bond acceptors (Lipinski definition) is 3. The van der Waals surface area contributed by atoms with Crippen LogP contribution in [0.15, 0.2) is 4.79 Å². The smallest absolute Gasteiger partial charge is 0.258 e. The molecule has 0 saturated carbocycles. The summed E-state index contributed by atoms with van der Waals surface area (Å²) in [5, 5.41) is 0. The Bertz CT molecular complexity index is 444. The molecule has 0 N–H and O–H groups in total. The molecule has 0 saturated heterocycles. The number of nitrogens with zero attached hydrogens (tertiary/aromatic N) is 3. The van der Waals surface area contributed by atoms with Gasteiger partial charge in [-0.1, -0.05) is 0 Å². The van der Waals surface area contributed by atoms with Gasteiger partial charge in [0.15, 0.2) is 0 Å². The van der Waals surface area contributed by atoms with Crippen molar-refractivity contribution in [1.29, 1.82) is 0 Å². The van der Waals surface area contributed by atoms with Crippen molar-refractivity contribution in [1.82, 2.24) is 9.55 Å². The Morgan fingerprint density at radius 3 is 2.75 bits per heavy atom. The van der Waals surface area contributed by atoms with Crippen LogP contribution in [0.3, 0.4) is 0 Å². The Morgan fingerprint density at radius 2 is 2.12 bits per heavy atom. The van der Waals surface area contributed by atoms with Gasteiger partial charge in [-0.25, -0.2) is 4.98 Å². The molecule has 0 unspecified atom stereocenters. The van der Waals surface area contributed by atoms with Gasteiger partial charge < -0.3 is 4.90 Å². The second kappa shape index (κ2) is 5.06. The summed E-state index contributed by atoms with van der Waals surface area (Å²) in [6, 6.07) is 0. The number of aryl methyl sites for hydroxylation is 1. The van der Waals surface area contributed by atoms with Gasteiger partial charge >= 0.3 is 0 Å². The van der Waals surface area contributed by atoms with E-state index in [2.05, 4.69) is 4.98 Å². The molecule has 0 aliphatic carbocycles. The van der Waals surface area contributed by atoms with Gasteiger partial charge in [-0.2, -0.15) is 0 Å². The number of likely N-dealkylation sites (N-methyl/N-ethyl adjacent to an activating group) is 1. The Morgan fingerprint density at radius 1 is 1.44 bits per heavy atom. The average Bonchev–Trinajstić information content (AvgIpc) is 2.55. The van der Waals surface area contributed by atoms with Crippen molar-refractivity contribution in [2.45, 2.75) is 19.9 Å². The highest BCUT2D eigenvalue weighted by Gasteiger charge is 2.21. The molecule has 0 fully saturated rings. The monoisotopic (exact) mass is 263 g/mol. The molecule has 6 heteroatoms. The maximum Gasteiger partial charge on any atom is 0.258 e. The number of hydrogen-bond donors (Lipinski definition) is 0. The highest BCUT2D eigenvalue weighted by molar-refractivity contribution is 6.17. The molecule has 0 atom stereocenters. The summed E-state index contributed by atoms with van der Waals surface area (Å²) in [5.41, 5.74) is 1.63. The highest BCUT2D eigenvalue weighted by Crippen LogP contribution is 2.16. The lowest BCUT2D eigenvalue weighted by molar-refractivity contribution is 0.739. The Labute approximate surface area is 106 Å². The largest absolute Gasteiger partial charge is 0.343 e. The molecular weight excluding hydrogens is 249 g/mol. The van der Waals surface area contributed by atoms with E-state index in [-0.39, 0.29) is 18.0 Å². The van der Waals surface area contributed by atoms with Crippen LogP contribution in [0.4, 0.5) is 5.95 Å².